The smallest absolute Gasteiger partial charge is 0.418 e. The molecule has 6 nitrogen and oxygen atoms in total. The number of ether oxygens (including phenoxy) is 2. The highest BCUT2D eigenvalue weighted by Gasteiger charge is 2.46. The number of hydrogen-bond acceptors (Lipinski definition) is 6. The van der Waals surface area contributed by atoms with Gasteiger partial charge in [-0.3, -0.25) is 0 Å². The van der Waals surface area contributed by atoms with Crippen molar-refractivity contribution < 1.29 is 36.6 Å². The molecule has 1 aliphatic heterocycles. The van der Waals surface area contributed by atoms with Gasteiger partial charge in [0.15, 0.2) is 0 Å². The standard InChI is InChI=1S/C21H20F4N2O4/c1-9(2)31-20(29)15-11(4)27-10(3)14(19(28)30-5)17(15)16-13(22)7-6-12(8-26)18(16)21(23,24)25/h6-7,9,17,27H,1-5H3. The van der Waals surface area contributed by atoms with E-state index < -0.39 is 58.2 Å². The molecule has 0 aromatic heterocycles. The highest BCUT2D eigenvalue weighted by Crippen LogP contribution is 2.46. The van der Waals surface area contributed by atoms with Gasteiger partial charge in [-0.15, -0.1) is 0 Å². The number of methoxy groups -OCH3 is 1. The SMILES string of the molecule is COC(=O)C1=C(C)NC(C)=C(C(=O)OC(C)C)C1c1c(F)ccc(C#N)c1C(F)(F)F. The molecule has 0 saturated heterocycles. The van der Waals surface area contributed by atoms with E-state index in [1.165, 1.54) is 33.8 Å². The third kappa shape index (κ3) is 4.55. The average Bonchev–Trinajstić information content (AvgIpc) is 2.65. The van der Waals surface area contributed by atoms with E-state index in [9.17, 15) is 32.4 Å². The van der Waals surface area contributed by atoms with Gasteiger partial charge in [-0.25, -0.2) is 14.0 Å². The van der Waals surface area contributed by atoms with Crippen molar-refractivity contribution in [1.82, 2.24) is 5.32 Å². The summed E-state index contributed by atoms with van der Waals surface area (Å²) in [5.41, 5.74) is -4.08. The number of carbonyl (C=O) groups is 2. The second kappa shape index (κ2) is 8.79. The first-order valence-corrected chi connectivity index (χ1v) is 9.12. The Bertz CT molecular complexity index is 1030. The van der Waals surface area contributed by atoms with Gasteiger partial charge in [0.2, 0.25) is 0 Å². The van der Waals surface area contributed by atoms with E-state index in [1.807, 2.05) is 0 Å². The largest absolute Gasteiger partial charge is 0.466 e. The molecule has 1 aliphatic rings. The summed E-state index contributed by atoms with van der Waals surface area (Å²) in [5, 5.41) is 12.0. The second-order valence-corrected chi connectivity index (χ2v) is 7.07. The Hall–Kier alpha value is -3.35. The summed E-state index contributed by atoms with van der Waals surface area (Å²) in [5.74, 6) is -5.25. The minimum Gasteiger partial charge on any atom is -0.466 e. The zero-order valence-corrected chi connectivity index (χ0v) is 17.4. The molecule has 1 N–H and O–H groups in total. The highest BCUT2D eigenvalue weighted by atomic mass is 19.4. The summed E-state index contributed by atoms with van der Waals surface area (Å²) in [6, 6.07) is 2.78. The molecule has 31 heavy (non-hydrogen) atoms. The quantitative estimate of drug-likeness (QED) is 0.561. The number of allylic oxidation sites excluding steroid dienone is 2. The molecule has 1 atom stereocenters. The lowest BCUT2D eigenvalue weighted by Crippen LogP contribution is -2.34. The molecular weight excluding hydrogens is 420 g/mol. The molecule has 1 aromatic rings. The zero-order chi connectivity index (χ0) is 23.7. The maximum Gasteiger partial charge on any atom is 0.418 e. The Morgan fingerprint density at radius 1 is 1.13 bits per heavy atom. The molecule has 1 unspecified atom stereocenters. The van der Waals surface area contributed by atoms with Crippen LogP contribution in [0.2, 0.25) is 0 Å². The van der Waals surface area contributed by atoms with E-state index in [-0.39, 0.29) is 17.0 Å². The van der Waals surface area contributed by atoms with Crippen LogP contribution in [0.25, 0.3) is 0 Å². The maximum atomic E-state index is 15.0. The van der Waals surface area contributed by atoms with Crippen LogP contribution >= 0.6 is 0 Å². The van der Waals surface area contributed by atoms with Gasteiger partial charge < -0.3 is 14.8 Å². The van der Waals surface area contributed by atoms with Crippen LogP contribution in [0.5, 0.6) is 0 Å². The Balaban J connectivity index is 3.00. The van der Waals surface area contributed by atoms with E-state index in [2.05, 4.69) is 5.32 Å². The summed E-state index contributed by atoms with van der Waals surface area (Å²) in [6.07, 6.45) is -5.79. The Labute approximate surface area is 176 Å². The van der Waals surface area contributed by atoms with Gasteiger partial charge >= 0.3 is 18.1 Å². The predicted molar refractivity (Wildman–Crippen MR) is 101 cm³/mol. The summed E-state index contributed by atoms with van der Waals surface area (Å²) >= 11 is 0. The lowest BCUT2D eigenvalue weighted by Gasteiger charge is -2.32. The number of dihydropyridines is 1. The normalized spacial score (nSPS) is 16.7. The fourth-order valence-electron chi connectivity index (χ4n) is 3.49. The van der Waals surface area contributed by atoms with Crippen molar-refractivity contribution in [3.63, 3.8) is 0 Å². The minimum atomic E-state index is -5.15. The predicted octanol–water partition coefficient (Wildman–Crippen LogP) is 4.08. The zero-order valence-electron chi connectivity index (χ0n) is 17.4. The second-order valence-electron chi connectivity index (χ2n) is 7.07. The van der Waals surface area contributed by atoms with Crippen LogP contribution < -0.4 is 5.32 Å². The first-order valence-electron chi connectivity index (χ1n) is 9.12. The van der Waals surface area contributed by atoms with Crippen molar-refractivity contribution >= 4 is 11.9 Å². The lowest BCUT2D eigenvalue weighted by atomic mass is 9.77. The van der Waals surface area contributed by atoms with Crippen LogP contribution in [0.4, 0.5) is 17.6 Å². The molecule has 2 rings (SSSR count). The van der Waals surface area contributed by atoms with Crippen LogP contribution in [0.3, 0.4) is 0 Å². The van der Waals surface area contributed by atoms with Gasteiger partial charge in [-0.2, -0.15) is 18.4 Å². The summed E-state index contributed by atoms with van der Waals surface area (Å²) in [7, 11) is 1.00. The maximum absolute atomic E-state index is 15.0. The monoisotopic (exact) mass is 440 g/mol. The van der Waals surface area contributed by atoms with Crippen LogP contribution in [-0.2, 0) is 25.2 Å². The molecule has 0 fully saturated rings. The minimum absolute atomic E-state index is 0.0744. The number of hydrogen-bond donors (Lipinski definition) is 1. The van der Waals surface area contributed by atoms with Gasteiger partial charge in [0, 0.05) is 17.0 Å². The molecule has 0 amide bonds. The Kier molecular flexibility index (Phi) is 6.79. The average molecular weight is 440 g/mol. The van der Waals surface area contributed by atoms with Gasteiger partial charge in [0.05, 0.1) is 47.5 Å². The molecule has 0 radical (unpaired) electrons. The van der Waals surface area contributed by atoms with Gasteiger partial charge in [0.25, 0.3) is 0 Å². The summed E-state index contributed by atoms with van der Waals surface area (Å²) in [6.45, 7) is 5.83. The van der Waals surface area contributed by atoms with Crippen LogP contribution in [-0.4, -0.2) is 25.2 Å². The lowest BCUT2D eigenvalue weighted by molar-refractivity contribution is -0.144. The molecule has 1 heterocycles. The fraction of sp³-hybridized carbons (Fsp3) is 0.381. The van der Waals surface area contributed by atoms with E-state index in [4.69, 9.17) is 9.47 Å². The number of halogens is 4. The van der Waals surface area contributed by atoms with Gasteiger partial charge in [0.1, 0.15) is 5.82 Å². The van der Waals surface area contributed by atoms with Crippen molar-refractivity contribution in [1.29, 1.82) is 5.26 Å². The third-order valence-electron chi connectivity index (χ3n) is 4.61. The molecular formula is C21H20F4N2O4. The number of benzene rings is 1. The summed E-state index contributed by atoms with van der Waals surface area (Å²) < 4.78 is 66.8. The first kappa shape index (κ1) is 23.9. The van der Waals surface area contributed by atoms with E-state index >= 15 is 0 Å². The molecule has 0 saturated carbocycles. The summed E-state index contributed by atoms with van der Waals surface area (Å²) in [4.78, 5) is 25.4. The van der Waals surface area contributed by atoms with Gasteiger partial charge in [-0.05, 0) is 39.8 Å². The molecule has 0 spiro atoms. The van der Waals surface area contributed by atoms with E-state index in [1.54, 1.807) is 0 Å². The number of alkyl halides is 3. The molecule has 1 aromatic carbocycles. The number of nitrogens with zero attached hydrogens (tertiary/aromatic N) is 1. The number of rotatable bonds is 4. The Morgan fingerprint density at radius 3 is 2.13 bits per heavy atom. The number of carbonyl (C=O) groups excluding carboxylic acids is 2. The Morgan fingerprint density at radius 2 is 1.68 bits per heavy atom. The van der Waals surface area contributed by atoms with Crippen LogP contribution in [0, 0.1) is 17.1 Å². The van der Waals surface area contributed by atoms with Crippen LogP contribution in [0.15, 0.2) is 34.7 Å². The highest BCUT2D eigenvalue weighted by molar-refractivity contribution is 6.00. The fourth-order valence-corrected chi connectivity index (χ4v) is 3.49. The van der Waals surface area contributed by atoms with Crippen LogP contribution in [0.1, 0.15) is 50.3 Å². The van der Waals surface area contributed by atoms with E-state index in [0.717, 1.165) is 7.11 Å². The number of esters is 2. The molecule has 166 valence electrons. The van der Waals surface area contributed by atoms with Crippen molar-refractivity contribution in [2.75, 3.05) is 7.11 Å². The van der Waals surface area contributed by atoms with Crippen molar-refractivity contribution in [2.24, 2.45) is 0 Å². The van der Waals surface area contributed by atoms with Crippen molar-refractivity contribution in [3.8, 4) is 6.07 Å². The van der Waals surface area contributed by atoms with E-state index in [0.29, 0.717) is 12.1 Å². The molecule has 0 bridgehead atoms. The van der Waals surface area contributed by atoms with Crippen molar-refractivity contribution in [2.45, 2.75) is 45.9 Å². The first-order chi connectivity index (χ1) is 14.3. The topological polar surface area (TPSA) is 88.4 Å². The van der Waals surface area contributed by atoms with Crippen molar-refractivity contribution in [3.05, 3.63) is 57.2 Å². The molecule has 0 aliphatic carbocycles. The third-order valence-corrected chi connectivity index (χ3v) is 4.61. The number of nitrogens with one attached hydrogen (secondary N) is 1. The molecule has 10 heteroatoms. The van der Waals surface area contributed by atoms with Gasteiger partial charge in [-0.1, -0.05) is 0 Å². The number of nitriles is 1.